The van der Waals surface area contributed by atoms with Crippen molar-refractivity contribution in [1.29, 1.82) is 0 Å². The molecule has 2 aromatic heterocycles. The summed E-state index contributed by atoms with van der Waals surface area (Å²) < 4.78 is 31.3. The Labute approximate surface area is 104 Å². The van der Waals surface area contributed by atoms with Gasteiger partial charge in [0.15, 0.2) is 0 Å². The summed E-state index contributed by atoms with van der Waals surface area (Å²) in [5.74, 6) is 0.414. The molecular formula is C10H12N4O3S. The fourth-order valence-corrected chi connectivity index (χ4v) is 2.56. The van der Waals surface area contributed by atoms with Crippen molar-refractivity contribution in [2.24, 2.45) is 0 Å². The summed E-state index contributed by atoms with van der Waals surface area (Å²) >= 11 is 0. The van der Waals surface area contributed by atoms with Crippen LogP contribution in [0.25, 0.3) is 0 Å². The van der Waals surface area contributed by atoms with Gasteiger partial charge in [-0.3, -0.25) is 9.82 Å². The Morgan fingerprint density at radius 2 is 2.11 bits per heavy atom. The number of sulfonamides is 1. The van der Waals surface area contributed by atoms with E-state index in [2.05, 4.69) is 19.9 Å². The molecule has 2 N–H and O–H groups in total. The number of methoxy groups -OCH3 is 1. The third kappa shape index (κ3) is 2.43. The van der Waals surface area contributed by atoms with Crippen molar-refractivity contribution >= 4 is 15.7 Å². The molecule has 0 aliphatic heterocycles. The number of anilines is 1. The molecule has 0 atom stereocenters. The SMILES string of the molecule is COc1ccc(NS(=O)(=O)c2cn[nH]c2C)cn1. The number of H-pyrrole nitrogens is 1. The van der Waals surface area contributed by atoms with Crippen molar-refractivity contribution in [2.45, 2.75) is 11.8 Å². The van der Waals surface area contributed by atoms with Crippen LogP contribution < -0.4 is 9.46 Å². The number of nitrogens with zero attached hydrogens (tertiary/aromatic N) is 2. The molecule has 96 valence electrons. The van der Waals surface area contributed by atoms with Gasteiger partial charge in [-0.2, -0.15) is 5.10 Å². The van der Waals surface area contributed by atoms with Gasteiger partial charge in [-0.15, -0.1) is 0 Å². The minimum Gasteiger partial charge on any atom is -0.481 e. The number of rotatable bonds is 4. The molecule has 8 heteroatoms. The zero-order valence-corrected chi connectivity index (χ0v) is 10.7. The lowest BCUT2D eigenvalue weighted by atomic mass is 10.4. The predicted molar refractivity (Wildman–Crippen MR) is 64.9 cm³/mol. The van der Waals surface area contributed by atoms with E-state index in [0.717, 1.165) is 0 Å². The van der Waals surface area contributed by atoms with Crippen molar-refractivity contribution in [2.75, 3.05) is 11.8 Å². The zero-order valence-electron chi connectivity index (χ0n) is 9.84. The average Bonchev–Trinajstić information content (AvgIpc) is 2.77. The first kappa shape index (κ1) is 12.4. The third-order valence-electron chi connectivity index (χ3n) is 2.27. The summed E-state index contributed by atoms with van der Waals surface area (Å²) in [6.45, 7) is 1.63. The molecule has 2 aromatic rings. The lowest BCUT2D eigenvalue weighted by molar-refractivity contribution is 0.398. The second-order valence-electron chi connectivity index (χ2n) is 3.55. The average molecular weight is 268 g/mol. The van der Waals surface area contributed by atoms with Gasteiger partial charge in [-0.25, -0.2) is 13.4 Å². The van der Waals surface area contributed by atoms with Crippen molar-refractivity contribution < 1.29 is 13.2 Å². The van der Waals surface area contributed by atoms with Crippen molar-refractivity contribution in [3.05, 3.63) is 30.2 Å². The van der Waals surface area contributed by atoms with E-state index in [9.17, 15) is 8.42 Å². The van der Waals surface area contributed by atoms with Crippen LogP contribution in [0.4, 0.5) is 5.69 Å². The van der Waals surface area contributed by atoms with E-state index in [-0.39, 0.29) is 4.90 Å². The molecule has 0 saturated heterocycles. The van der Waals surface area contributed by atoms with Crippen LogP contribution in [0.3, 0.4) is 0 Å². The first-order valence-corrected chi connectivity index (χ1v) is 6.54. The van der Waals surface area contributed by atoms with Gasteiger partial charge >= 0.3 is 0 Å². The Morgan fingerprint density at radius 3 is 2.61 bits per heavy atom. The lowest BCUT2D eigenvalue weighted by Crippen LogP contribution is -2.13. The molecule has 0 saturated carbocycles. The quantitative estimate of drug-likeness (QED) is 0.859. The minimum atomic E-state index is -3.64. The topological polar surface area (TPSA) is 97.0 Å². The first-order chi connectivity index (χ1) is 8.53. The second kappa shape index (κ2) is 4.65. The summed E-state index contributed by atoms with van der Waals surface area (Å²) in [6.07, 6.45) is 2.64. The van der Waals surface area contributed by atoms with Crippen molar-refractivity contribution in [3.63, 3.8) is 0 Å². The van der Waals surface area contributed by atoms with Crippen LogP contribution in [0, 0.1) is 6.92 Å². The zero-order chi connectivity index (χ0) is 13.2. The lowest BCUT2D eigenvalue weighted by Gasteiger charge is -2.07. The highest BCUT2D eigenvalue weighted by Crippen LogP contribution is 2.18. The number of ether oxygens (including phenoxy) is 1. The summed E-state index contributed by atoms with van der Waals surface area (Å²) in [6, 6.07) is 3.14. The van der Waals surface area contributed by atoms with Crippen molar-refractivity contribution in [1.82, 2.24) is 15.2 Å². The van der Waals surface area contributed by atoms with E-state index in [1.54, 1.807) is 19.1 Å². The Balaban J connectivity index is 2.25. The summed E-state index contributed by atoms with van der Waals surface area (Å²) in [5.41, 5.74) is 0.834. The largest absolute Gasteiger partial charge is 0.481 e. The van der Waals surface area contributed by atoms with Gasteiger partial charge in [0.1, 0.15) is 4.90 Å². The molecule has 0 fully saturated rings. The molecule has 0 aliphatic rings. The minimum absolute atomic E-state index is 0.110. The van der Waals surface area contributed by atoms with Crippen LogP contribution in [-0.4, -0.2) is 30.7 Å². The smallest absolute Gasteiger partial charge is 0.265 e. The maximum Gasteiger partial charge on any atom is 0.265 e. The van der Waals surface area contributed by atoms with Crippen molar-refractivity contribution in [3.8, 4) is 5.88 Å². The van der Waals surface area contributed by atoms with E-state index in [1.165, 1.54) is 19.5 Å². The van der Waals surface area contributed by atoms with Gasteiger partial charge in [0.2, 0.25) is 5.88 Å². The van der Waals surface area contributed by atoms with Gasteiger partial charge in [0.05, 0.1) is 30.9 Å². The van der Waals surface area contributed by atoms with Crippen LogP contribution in [0.5, 0.6) is 5.88 Å². The first-order valence-electron chi connectivity index (χ1n) is 5.06. The molecule has 0 unspecified atom stereocenters. The Hall–Kier alpha value is -2.09. The molecule has 0 bridgehead atoms. The highest BCUT2D eigenvalue weighted by molar-refractivity contribution is 7.92. The fourth-order valence-electron chi connectivity index (χ4n) is 1.38. The number of hydrogen-bond acceptors (Lipinski definition) is 5. The number of nitrogens with one attached hydrogen (secondary N) is 2. The van der Waals surface area contributed by atoms with Gasteiger partial charge in [0.25, 0.3) is 10.0 Å². The molecule has 0 radical (unpaired) electrons. The van der Waals surface area contributed by atoms with E-state index < -0.39 is 10.0 Å². The molecule has 7 nitrogen and oxygen atoms in total. The predicted octanol–water partition coefficient (Wildman–Crippen LogP) is 0.923. The number of aryl methyl sites for hydroxylation is 1. The Kier molecular flexibility index (Phi) is 3.19. The van der Waals surface area contributed by atoms with Crippen LogP contribution in [0.15, 0.2) is 29.4 Å². The highest BCUT2D eigenvalue weighted by Gasteiger charge is 2.18. The number of pyridine rings is 1. The molecule has 0 aliphatic carbocycles. The molecule has 2 rings (SSSR count). The summed E-state index contributed by atoms with van der Waals surface area (Å²) in [5, 5.41) is 6.25. The summed E-state index contributed by atoms with van der Waals surface area (Å²) in [4.78, 5) is 4.02. The maximum atomic E-state index is 12.0. The molecule has 0 spiro atoms. The van der Waals surface area contributed by atoms with E-state index in [1.807, 2.05) is 0 Å². The molecule has 2 heterocycles. The maximum absolute atomic E-state index is 12.0. The Bertz CT molecular complexity index is 633. The Morgan fingerprint density at radius 1 is 1.33 bits per heavy atom. The number of aromatic nitrogens is 3. The molecular weight excluding hydrogens is 256 g/mol. The van der Waals surface area contributed by atoms with E-state index in [4.69, 9.17) is 4.74 Å². The van der Waals surface area contributed by atoms with Gasteiger partial charge in [0, 0.05) is 6.07 Å². The standard InChI is InChI=1S/C10H12N4O3S/c1-7-9(6-12-13-7)18(15,16)14-8-3-4-10(17-2)11-5-8/h3-6,14H,1-2H3,(H,12,13). The highest BCUT2D eigenvalue weighted by atomic mass is 32.2. The van der Waals surface area contributed by atoms with E-state index >= 15 is 0 Å². The van der Waals surface area contributed by atoms with Crippen LogP contribution >= 0.6 is 0 Å². The van der Waals surface area contributed by atoms with Crippen LogP contribution in [0.2, 0.25) is 0 Å². The number of hydrogen-bond donors (Lipinski definition) is 2. The fraction of sp³-hybridized carbons (Fsp3) is 0.200. The van der Waals surface area contributed by atoms with Gasteiger partial charge < -0.3 is 4.74 Å². The van der Waals surface area contributed by atoms with Crippen LogP contribution in [-0.2, 0) is 10.0 Å². The molecule has 0 amide bonds. The summed E-state index contributed by atoms with van der Waals surface area (Å²) in [7, 11) is -2.16. The monoisotopic (exact) mass is 268 g/mol. The normalized spacial score (nSPS) is 11.2. The molecule has 0 aromatic carbocycles. The second-order valence-corrected chi connectivity index (χ2v) is 5.20. The van der Waals surface area contributed by atoms with Crippen LogP contribution in [0.1, 0.15) is 5.69 Å². The van der Waals surface area contributed by atoms with Gasteiger partial charge in [-0.1, -0.05) is 0 Å². The van der Waals surface area contributed by atoms with Gasteiger partial charge in [-0.05, 0) is 13.0 Å². The number of aromatic amines is 1. The third-order valence-corrected chi connectivity index (χ3v) is 3.77. The molecule has 18 heavy (non-hydrogen) atoms. The van der Waals surface area contributed by atoms with E-state index in [0.29, 0.717) is 17.3 Å².